The Balaban J connectivity index is 2.06. The van der Waals surface area contributed by atoms with Crippen LogP contribution >= 0.6 is 0 Å². The van der Waals surface area contributed by atoms with Gasteiger partial charge in [-0.3, -0.25) is 0 Å². The average molecular weight is 279 g/mol. The number of benzene rings is 1. The first-order chi connectivity index (χ1) is 9.86. The van der Waals surface area contributed by atoms with Gasteiger partial charge < -0.3 is 10.1 Å². The van der Waals surface area contributed by atoms with Crippen molar-refractivity contribution in [2.75, 3.05) is 5.73 Å². The molecule has 3 aromatic rings. The van der Waals surface area contributed by atoms with E-state index in [1.165, 1.54) is 5.56 Å². The molecule has 3 nitrogen and oxygen atoms in total. The van der Waals surface area contributed by atoms with E-state index in [1.807, 2.05) is 29.7 Å². The minimum absolute atomic E-state index is 0.169. The first-order valence-corrected chi connectivity index (χ1v) is 7.21. The Hall–Kier alpha value is -2.29. The van der Waals surface area contributed by atoms with Crippen LogP contribution in [0.25, 0.3) is 16.9 Å². The predicted molar refractivity (Wildman–Crippen MR) is 88.5 cm³/mol. The van der Waals surface area contributed by atoms with E-state index in [2.05, 4.69) is 50.0 Å². The molecule has 0 atom stereocenters. The van der Waals surface area contributed by atoms with E-state index in [0.717, 1.165) is 28.3 Å². The van der Waals surface area contributed by atoms with Crippen LogP contribution in [0.2, 0.25) is 0 Å². The Morgan fingerprint density at radius 3 is 2.29 bits per heavy atom. The molecule has 0 aliphatic heterocycles. The number of nitrogens with zero attached hydrogens (tertiary/aromatic N) is 2. The summed E-state index contributed by atoms with van der Waals surface area (Å²) in [5.41, 5.74) is 12.3. The summed E-state index contributed by atoms with van der Waals surface area (Å²) in [7, 11) is 0. The van der Waals surface area contributed by atoms with Crippen molar-refractivity contribution in [1.82, 2.24) is 9.38 Å². The number of nitrogen functional groups attached to an aromatic ring is 1. The van der Waals surface area contributed by atoms with Crippen LogP contribution in [-0.4, -0.2) is 9.38 Å². The van der Waals surface area contributed by atoms with Crippen molar-refractivity contribution in [2.45, 2.75) is 33.1 Å². The van der Waals surface area contributed by atoms with Gasteiger partial charge >= 0.3 is 0 Å². The molecule has 0 bridgehead atoms. The number of aromatic nitrogens is 2. The van der Waals surface area contributed by atoms with Crippen LogP contribution in [0.3, 0.4) is 0 Å². The number of nitrogens with two attached hydrogens (primary N) is 1. The van der Waals surface area contributed by atoms with E-state index in [4.69, 9.17) is 5.73 Å². The Morgan fingerprint density at radius 1 is 1.00 bits per heavy atom. The van der Waals surface area contributed by atoms with Crippen LogP contribution in [0.1, 0.15) is 32.0 Å². The number of fused-ring (bicyclic) bond motifs is 1. The Labute approximate surface area is 125 Å². The summed E-state index contributed by atoms with van der Waals surface area (Å²) in [6.07, 6.45) is 2.05. The smallest absolute Gasteiger partial charge is 0.137 e. The van der Waals surface area contributed by atoms with Crippen LogP contribution in [-0.2, 0) is 5.41 Å². The highest BCUT2D eigenvalue weighted by molar-refractivity contribution is 5.65. The predicted octanol–water partition coefficient (Wildman–Crippen LogP) is 4.19. The lowest BCUT2D eigenvalue weighted by Gasteiger charge is -2.18. The molecule has 2 heterocycles. The van der Waals surface area contributed by atoms with Crippen molar-refractivity contribution in [3.63, 3.8) is 0 Å². The molecule has 108 valence electrons. The van der Waals surface area contributed by atoms with Gasteiger partial charge in [0.05, 0.1) is 11.4 Å². The van der Waals surface area contributed by atoms with Crippen molar-refractivity contribution >= 4 is 11.3 Å². The largest absolute Gasteiger partial charge is 0.397 e. The number of hydrogen-bond donors (Lipinski definition) is 1. The fourth-order valence-electron chi connectivity index (χ4n) is 2.48. The van der Waals surface area contributed by atoms with Gasteiger partial charge in [0, 0.05) is 17.5 Å². The lowest BCUT2D eigenvalue weighted by atomic mass is 9.86. The lowest BCUT2D eigenvalue weighted by Crippen LogP contribution is -2.10. The molecule has 0 unspecified atom stereocenters. The molecule has 0 aliphatic carbocycles. The molecule has 0 spiro atoms. The standard InChI is InChI=1S/C18H21N3/c1-12-15(19)9-10-17-20-16(11-21(12)17)13-5-7-14(8-6-13)18(2,3)4/h5-11H,19H2,1-4H3. The summed E-state index contributed by atoms with van der Waals surface area (Å²) in [6, 6.07) is 12.5. The quantitative estimate of drug-likeness (QED) is 0.726. The number of rotatable bonds is 1. The third kappa shape index (κ3) is 2.40. The van der Waals surface area contributed by atoms with Crippen LogP contribution in [0.15, 0.2) is 42.6 Å². The van der Waals surface area contributed by atoms with E-state index >= 15 is 0 Å². The minimum Gasteiger partial charge on any atom is -0.397 e. The van der Waals surface area contributed by atoms with Crippen molar-refractivity contribution in [3.05, 3.63) is 53.9 Å². The average Bonchev–Trinajstić information content (AvgIpc) is 2.87. The Kier molecular flexibility index (Phi) is 3.01. The third-order valence-corrected chi connectivity index (χ3v) is 3.97. The number of imidazole rings is 1. The molecule has 21 heavy (non-hydrogen) atoms. The van der Waals surface area contributed by atoms with Gasteiger partial charge in [-0.1, -0.05) is 45.0 Å². The summed E-state index contributed by atoms with van der Waals surface area (Å²) in [5.74, 6) is 0. The number of pyridine rings is 1. The fraction of sp³-hybridized carbons (Fsp3) is 0.278. The zero-order chi connectivity index (χ0) is 15.2. The van der Waals surface area contributed by atoms with Crippen LogP contribution in [0, 0.1) is 6.92 Å². The second-order valence-electron chi connectivity index (χ2n) is 6.56. The maximum atomic E-state index is 5.95. The summed E-state index contributed by atoms with van der Waals surface area (Å²) < 4.78 is 2.04. The van der Waals surface area contributed by atoms with E-state index in [9.17, 15) is 0 Å². The summed E-state index contributed by atoms with van der Waals surface area (Å²) in [4.78, 5) is 4.68. The van der Waals surface area contributed by atoms with Gasteiger partial charge in [0.2, 0.25) is 0 Å². The second-order valence-corrected chi connectivity index (χ2v) is 6.56. The van der Waals surface area contributed by atoms with Crippen LogP contribution in [0.5, 0.6) is 0 Å². The van der Waals surface area contributed by atoms with Crippen molar-refractivity contribution in [1.29, 1.82) is 0 Å². The van der Waals surface area contributed by atoms with Crippen molar-refractivity contribution < 1.29 is 0 Å². The zero-order valence-corrected chi connectivity index (χ0v) is 13.0. The Morgan fingerprint density at radius 2 is 1.67 bits per heavy atom. The third-order valence-electron chi connectivity index (χ3n) is 3.97. The van der Waals surface area contributed by atoms with Crippen LogP contribution in [0.4, 0.5) is 5.69 Å². The molecule has 0 saturated heterocycles. The van der Waals surface area contributed by atoms with Crippen molar-refractivity contribution in [3.8, 4) is 11.3 Å². The first kappa shape index (κ1) is 13.7. The lowest BCUT2D eigenvalue weighted by molar-refractivity contribution is 0.590. The highest BCUT2D eigenvalue weighted by atomic mass is 15.0. The second kappa shape index (κ2) is 4.62. The molecule has 3 rings (SSSR count). The number of hydrogen-bond acceptors (Lipinski definition) is 2. The summed E-state index contributed by atoms with van der Waals surface area (Å²) in [6.45, 7) is 8.67. The molecule has 0 amide bonds. The summed E-state index contributed by atoms with van der Waals surface area (Å²) >= 11 is 0. The highest BCUT2D eigenvalue weighted by Gasteiger charge is 2.14. The maximum absolute atomic E-state index is 5.95. The van der Waals surface area contributed by atoms with E-state index in [0.29, 0.717) is 0 Å². The van der Waals surface area contributed by atoms with Crippen molar-refractivity contribution in [2.24, 2.45) is 0 Å². The maximum Gasteiger partial charge on any atom is 0.137 e. The normalized spacial score (nSPS) is 12.0. The molecular weight excluding hydrogens is 258 g/mol. The highest BCUT2D eigenvalue weighted by Crippen LogP contribution is 2.26. The van der Waals surface area contributed by atoms with E-state index < -0.39 is 0 Å². The van der Waals surface area contributed by atoms with Gasteiger partial charge in [-0.05, 0) is 30.0 Å². The molecule has 0 saturated carbocycles. The van der Waals surface area contributed by atoms with Gasteiger partial charge in [0.15, 0.2) is 0 Å². The molecule has 0 aliphatic rings. The van der Waals surface area contributed by atoms with Gasteiger partial charge in [0.25, 0.3) is 0 Å². The topological polar surface area (TPSA) is 43.3 Å². The van der Waals surface area contributed by atoms with Gasteiger partial charge in [-0.2, -0.15) is 0 Å². The SMILES string of the molecule is Cc1c(N)ccc2nc(-c3ccc(C(C)(C)C)cc3)cn12. The molecule has 2 N–H and O–H groups in total. The molecule has 0 fully saturated rings. The molecule has 2 aromatic heterocycles. The Bertz CT molecular complexity index is 790. The minimum atomic E-state index is 0.169. The summed E-state index contributed by atoms with van der Waals surface area (Å²) in [5, 5.41) is 0. The number of aryl methyl sites for hydroxylation is 1. The van der Waals surface area contributed by atoms with E-state index in [-0.39, 0.29) is 5.41 Å². The van der Waals surface area contributed by atoms with E-state index in [1.54, 1.807) is 0 Å². The van der Waals surface area contributed by atoms with Crippen LogP contribution < -0.4 is 5.73 Å². The van der Waals surface area contributed by atoms with Gasteiger partial charge in [-0.15, -0.1) is 0 Å². The van der Waals surface area contributed by atoms with Gasteiger partial charge in [-0.25, -0.2) is 4.98 Å². The monoisotopic (exact) mass is 279 g/mol. The molecule has 0 radical (unpaired) electrons. The number of anilines is 1. The van der Waals surface area contributed by atoms with Gasteiger partial charge in [0.1, 0.15) is 5.65 Å². The fourth-order valence-corrected chi connectivity index (χ4v) is 2.48. The zero-order valence-electron chi connectivity index (χ0n) is 13.0. The molecular formula is C18H21N3. The molecule has 3 heteroatoms. The molecule has 1 aromatic carbocycles. The first-order valence-electron chi connectivity index (χ1n) is 7.21.